The van der Waals surface area contributed by atoms with E-state index < -0.39 is 0 Å². The molecular formula is C24H22FN5O2. The number of ether oxygens (including phenoxy) is 1. The summed E-state index contributed by atoms with van der Waals surface area (Å²) in [6, 6.07) is 11.7. The van der Waals surface area contributed by atoms with Crippen molar-refractivity contribution in [2.75, 3.05) is 13.7 Å². The van der Waals surface area contributed by atoms with Gasteiger partial charge in [0.05, 0.1) is 37.4 Å². The fraction of sp³-hybridized carbons (Fsp3) is 0.208. The summed E-state index contributed by atoms with van der Waals surface area (Å²) in [7, 11) is 3.44. The van der Waals surface area contributed by atoms with Crippen LogP contribution in [0.2, 0.25) is 0 Å². The molecule has 5 rings (SSSR count). The zero-order chi connectivity index (χ0) is 22.4. The molecule has 2 aromatic carbocycles. The molecule has 162 valence electrons. The topological polar surface area (TPSA) is 66.3 Å². The Balaban J connectivity index is 1.59. The van der Waals surface area contributed by atoms with Crippen LogP contribution in [0, 0.1) is 12.7 Å². The molecule has 0 spiro atoms. The number of fused-ring (bicyclic) bond motifs is 1. The number of rotatable bonds is 4. The third kappa shape index (κ3) is 3.24. The molecule has 2 aromatic heterocycles. The van der Waals surface area contributed by atoms with Gasteiger partial charge in [-0.2, -0.15) is 0 Å². The van der Waals surface area contributed by atoms with E-state index in [4.69, 9.17) is 4.74 Å². The monoisotopic (exact) mass is 431 g/mol. The number of halogens is 1. The Bertz CT molecular complexity index is 1490. The summed E-state index contributed by atoms with van der Waals surface area (Å²) in [6.45, 7) is 2.38. The molecule has 1 aliphatic rings. The summed E-state index contributed by atoms with van der Waals surface area (Å²) >= 11 is 0. The van der Waals surface area contributed by atoms with E-state index in [1.165, 1.54) is 12.1 Å². The van der Waals surface area contributed by atoms with Crippen LogP contribution < -0.4 is 21.3 Å². The quantitative estimate of drug-likeness (QED) is 0.496. The van der Waals surface area contributed by atoms with Gasteiger partial charge in [0.1, 0.15) is 16.9 Å². The molecular weight excluding hydrogens is 409 g/mol. The summed E-state index contributed by atoms with van der Waals surface area (Å²) in [5, 5.41) is 0.517. The number of nitrogens with zero attached hydrogens (tertiary/aromatic N) is 5. The first kappa shape index (κ1) is 20.0. The standard InChI is InChI=1S/C24H22FN5O2/c1-15-13-29(14-27-15)19-9-4-16(11-22(19)32-3)10-20-23(31)30-21(12-26-24(30)28(20)2)17-5-7-18(25)8-6-17/h4-11,13-14,21H,12H2,1-3H3. The molecule has 0 N–H and O–H groups in total. The van der Waals surface area contributed by atoms with E-state index in [1.807, 2.05) is 49.0 Å². The minimum atomic E-state index is -0.304. The molecule has 1 unspecified atom stereocenters. The Kier molecular flexibility index (Phi) is 4.77. The lowest BCUT2D eigenvalue weighted by atomic mass is 10.1. The van der Waals surface area contributed by atoms with Crippen molar-refractivity contribution in [1.29, 1.82) is 0 Å². The second kappa shape index (κ2) is 7.64. The number of hydrogen-bond acceptors (Lipinski definition) is 4. The highest BCUT2D eigenvalue weighted by atomic mass is 19.1. The molecule has 32 heavy (non-hydrogen) atoms. The SMILES string of the molecule is COc1cc(C=c2c(=O)n3c(n2C)=NCC3c2ccc(F)cc2)ccc1-n1cnc(C)c1. The van der Waals surface area contributed by atoms with Gasteiger partial charge in [0.15, 0.2) is 0 Å². The molecule has 1 atom stereocenters. The molecule has 0 aliphatic carbocycles. The van der Waals surface area contributed by atoms with Crippen LogP contribution in [0.3, 0.4) is 0 Å². The average Bonchev–Trinajstić information content (AvgIpc) is 3.48. The van der Waals surface area contributed by atoms with Crippen molar-refractivity contribution in [3.63, 3.8) is 0 Å². The van der Waals surface area contributed by atoms with E-state index in [1.54, 1.807) is 34.7 Å². The lowest BCUT2D eigenvalue weighted by Gasteiger charge is -2.11. The zero-order valence-corrected chi connectivity index (χ0v) is 18.0. The fourth-order valence-corrected chi connectivity index (χ4v) is 4.15. The predicted molar refractivity (Wildman–Crippen MR) is 118 cm³/mol. The highest BCUT2D eigenvalue weighted by Gasteiger charge is 2.24. The molecule has 0 saturated heterocycles. The smallest absolute Gasteiger partial charge is 0.277 e. The summed E-state index contributed by atoms with van der Waals surface area (Å²) < 4.78 is 24.3. The maximum Gasteiger partial charge on any atom is 0.277 e. The van der Waals surface area contributed by atoms with Crippen molar-refractivity contribution >= 4 is 6.08 Å². The number of methoxy groups -OCH3 is 1. The molecule has 0 radical (unpaired) electrons. The van der Waals surface area contributed by atoms with Crippen molar-refractivity contribution in [3.05, 3.63) is 98.9 Å². The van der Waals surface area contributed by atoms with E-state index >= 15 is 0 Å². The highest BCUT2D eigenvalue weighted by molar-refractivity contribution is 5.58. The second-order valence-electron chi connectivity index (χ2n) is 7.83. The fourth-order valence-electron chi connectivity index (χ4n) is 4.15. The van der Waals surface area contributed by atoms with Gasteiger partial charge in [-0.1, -0.05) is 18.2 Å². The van der Waals surface area contributed by atoms with Crippen LogP contribution in [-0.2, 0) is 7.05 Å². The van der Waals surface area contributed by atoms with Gasteiger partial charge in [-0.15, -0.1) is 0 Å². The van der Waals surface area contributed by atoms with Gasteiger partial charge < -0.3 is 13.9 Å². The highest BCUT2D eigenvalue weighted by Crippen LogP contribution is 2.25. The van der Waals surface area contributed by atoms with E-state index in [-0.39, 0.29) is 17.4 Å². The molecule has 0 amide bonds. The first-order valence-electron chi connectivity index (χ1n) is 10.2. The lowest BCUT2D eigenvalue weighted by Crippen LogP contribution is -2.34. The molecule has 4 aromatic rings. The molecule has 0 saturated carbocycles. The van der Waals surface area contributed by atoms with Crippen LogP contribution in [-0.4, -0.2) is 32.3 Å². The second-order valence-corrected chi connectivity index (χ2v) is 7.83. The minimum Gasteiger partial charge on any atom is -0.495 e. The van der Waals surface area contributed by atoms with Gasteiger partial charge in [0.25, 0.3) is 5.56 Å². The summed E-state index contributed by atoms with van der Waals surface area (Å²) in [4.78, 5) is 22.2. The van der Waals surface area contributed by atoms with E-state index in [0.717, 1.165) is 22.5 Å². The van der Waals surface area contributed by atoms with Crippen LogP contribution in [0.5, 0.6) is 5.75 Å². The van der Waals surface area contributed by atoms with Crippen LogP contribution in [0.25, 0.3) is 11.8 Å². The first-order valence-corrected chi connectivity index (χ1v) is 10.2. The normalized spacial score (nSPS) is 15.6. The van der Waals surface area contributed by atoms with Gasteiger partial charge >= 0.3 is 0 Å². The summed E-state index contributed by atoms with van der Waals surface area (Å²) in [6.07, 6.45) is 5.49. The third-order valence-corrected chi connectivity index (χ3v) is 5.78. The third-order valence-electron chi connectivity index (χ3n) is 5.78. The molecule has 7 nitrogen and oxygen atoms in total. The molecule has 1 aliphatic heterocycles. The van der Waals surface area contributed by atoms with Gasteiger partial charge in [-0.3, -0.25) is 9.36 Å². The van der Waals surface area contributed by atoms with Crippen LogP contribution >= 0.6 is 0 Å². The van der Waals surface area contributed by atoms with Gasteiger partial charge in [-0.25, -0.2) is 14.4 Å². The Morgan fingerprint density at radius 1 is 1.19 bits per heavy atom. The van der Waals surface area contributed by atoms with E-state index in [9.17, 15) is 9.18 Å². The van der Waals surface area contributed by atoms with Gasteiger partial charge in [-0.05, 0) is 48.4 Å². The van der Waals surface area contributed by atoms with Crippen LogP contribution in [0.4, 0.5) is 4.39 Å². The molecule has 0 bridgehead atoms. The lowest BCUT2D eigenvalue weighted by molar-refractivity contribution is 0.413. The van der Waals surface area contributed by atoms with E-state index in [2.05, 4.69) is 9.98 Å². The van der Waals surface area contributed by atoms with Gasteiger partial charge in [0.2, 0.25) is 5.62 Å². The first-order chi connectivity index (χ1) is 15.5. The molecule has 0 fully saturated rings. The minimum absolute atomic E-state index is 0.133. The molecule has 8 heteroatoms. The van der Waals surface area contributed by atoms with E-state index in [0.29, 0.717) is 23.3 Å². The van der Waals surface area contributed by atoms with Crippen LogP contribution in [0.15, 0.2) is 64.8 Å². The number of hydrogen-bond donors (Lipinski definition) is 0. The molecule has 3 heterocycles. The summed E-state index contributed by atoms with van der Waals surface area (Å²) in [5.41, 5.74) is 3.93. The van der Waals surface area contributed by atoms with Gasteiger partial charge in [0, 0.05) is 13.2 Å². The van der Waals surface area contributed by atoms with Crippen LogP contribution in [0.1, 0.15) is 22.9 Å². The number of benzene rings is 2. The Hall–Kier alpha value is -3.94. The zero-order valence-electron chi connectivity index (χ0n) is 18.0. The Morgan fingerprint density at radius 2 is 1.97 bits per heavy atom. The van der Waals surface area contributed by atoms with Crippen molar-refractivity contribution in [3.8, 4) is 11.4 Å². The summed E-state index contributed by atoms with van der Waals surface area (Å²) in [5.74, 6) is 0.369. The van der Waals surface area contributed by atoms with Crippen molar-refractivity contribution in [2.45, 2.75) is 13.0 Å². The average molecular weight is 431 g/mol. The van der Waals surface area contributed by atoms with Crippen molar-refractivity contribution in [1.82, 2.24) is 18.7 Å². The van der Waals surface area contributed by atoms with Crippen molar-refractivity contribution < 1.29 is 9.13 Å². The number of aromatic nitrogens is 4. The maximum absolute atomic E-state index is 13.3. The predicted octanol–water partition coefficient (Wildman–Crippen LogP) is 1.88. The van der Waals surface area contributed by atoms with Crippen molar-refractivity contribution in [2.24, 2.45) is 12.0 Å². The maximum atomic E-state index is 13.3. The Labute approximate surface area is 183 Å². The Morgan fingerprint density at radius 3 is 2.66 bits per heavy atom. The number of imidazole rings is 2. The largest absolute Gasteiger partial charge is 0.495 e. The number of aryl methyl sites for hydroxylation is 1.